The van der Waals surface area contributed by atoms with Crippen LogP contribution in [0.2, 0.25) is 0 Å². The van der Waals surface area contributed by atoms with E-state index < -0.39 is 35.2 Å². The van der Waals surface area contributed by atoms with Crippen molar-refractivity contribution in [2.24, 2.45) is 0 Å². The molecule has 320 valence electrons. The van der Waals surface area contributed by atoms with Crippen molar-refractivity contribution in [2.75, 3.05) is 0 Å². The average Bonchev–Trinajstić information content (AvgIpc) is 3.17. The minimum absolute atomic E-state index is 0.0203. The quantitative estimate of drug-likeness (QED) is 0.0533. The first-order chi connectivity index (χ1) is 26.3. The monoisotopic (exact) mass is 765 g/mol. The minimum atomic E-state index is -2.79. The molecule has 0 amide bonds. The number of aliphatic hydroxyl groups is 3. The van der Waals surface area contributed by atoms with Crippen molar-refractivity contribution in [3.05, 3.63) is 0 Å². The van der Waals surface area contributed by atoms with Crippen molar-refractivity contribution in [1.82, 2.24) is 0 Å². The van der Waals surface area contributed by atoms with E-state index in [-0.39, 0.29) is 19.3 Å². The molecule has 0 saturated heterocycles. The van der Waals surface area contributed by atoms with Gasteiger partial charge in [0.25, 0.3) is 0 Å². The molecule has 2 atom stereocenters. The summed E-state index contributed by atoms with van der Waals surface area (Å²) in [4.78, 5) is 39.8. The van der Waals surface area contributed by atoms with Gasteiger partial charge in [-0.2, -0.15) is 0 Å². The van der Waals surface area contributed by atoms with Crippen LogP contribution in [0.15, 0.2) is 0 Å². The third kappa shape index (κ3) is 28.3. The highest BCUT2D eigenvalue weighted by molar-refractivity contribution is 6.01. The summed E-state index contributed by atoms with van der Waals surface area (Å²) in [5.74, 6) is -2.12. The Balaban J connectivity index is 4.81. The summed E-state index contributed by atoms with van der Waals surface area (Å²) in [7, 11) is 0. The molecule has 0 aliphatic rings. The number of aliphatic hydroxyl groups excluding tert-OH is 2. The van der Waals surface area contributed by atoms with E-state index in [0.717, 1.165) is 57.8 Å². The summed E-state index contributed by atoms with van der Waals surface area (Å²) in [5.41, 5.74) is -2.79. The lowest BCUT2D eigenvalue weighted by atomic mass is 9.78. The third-order valence-corrected chi connectivity index (χ3v) is 11.7. The fourth-order valence-corrected chi connectivity index (χ4v) is 7.83. The predicted octanol–water partition coefficient (Wildman–Crippen LogP) is 13.4. The highest BCUT2D eigenvalue weighted by atomic mass is 16.4. The molecule has 2 unspecified atom stereocenters. The molecule has 0 rings (SSSR count). The fourth-order valence-electron chi connectivity index (χ4n) is 7.83. The second-order valence-corrected chi connectivity index (χ2v) is 16.9. The lowest BCUT2D eigenvalue weighted by Crippen LogP contribution is -2.63. The van der Waals surface area contributed by atoms with Crippen LogP contribution < -0.4 is 0 Å². The number of hydrogen-bond donors (Lipinski definition) is 3. The molecule has 6 nitrogen and oxygen atoms in total. The summed E-state index contributed by atoms with van der Waals surface area (Å²) in [6.45, 7) is 6.71. The lowest BCUT2D eigenvalue weighted by molar-refractivity contribution is -0.181. The van der Waals surface area contributed by atoms with Gasteiger partial charge in [0.05, 0.1) is 0 Å². The molecule has 0 radical (unpaired) electrons. The van der Waals surface area contributed by atoms with Crippen molar-refractivity contribution < 1.29 is 29.7 Å². The Morgan fingerprint density at radius 3 is 0.741 bits per heavy atom. The molecule has 0 aliphatic carbocycles. The molecular weight excluding hydrogens is 673 g/mol. The standard InChI is InChI=1S/C48H92O6/c1-4-7-10-13-16-19-22-25-28-31-34-37-40-43(49)46(52)48(54,45(51)42-39-36-33-30-27-24-21-18-15-12-9-6-3)47(53)44(50)41-38-35-32-29-26-23-20-17-14-11-8-5-2/h46-47,52-54H,4-42H2,1-3H3. The van der Waals surface area contributed by atoms with E-state index in [1.54, 1.807) is 0 Å². The molecule has 0 heterocycles. The number of hydrogen-bond acceptors (Lipinski definition) is 6. The van der Waals surface area contributed by atoms with E-state index in [1.807, 2.05) is 0 Å². The number of unbranched alkanes of at least 4 members (excludes halogenated alkanes) is 33. The van der Waals surface area contributed by atoms with E-state index >= 15 is 0 Å². The van der Waals surface area contributed by atoms with Gasteiger partial charge in [-0.05, 0) is 19.3 Å². The molecule has 0 aliphatic heterocycles. The molecule has 0 spiro atoms. The molecule has 0 fully saturated rings. The molecule has 0 aromatic heterocycles. The van der Waals surface area contributed by atoms with Gasteiger partial charge in [0, 0.05) is 19.3 Å². The maximum Gasteiger partial charge on any atom is 0.189 e. The van der Waals surface area contributed by atoms with Crippen LogP contribution in [0.25, 0.3) is 0 Å². The van der Waals surface area contributed by atoms with Gasteiger partial charge in [0.2, 0.25) is 0 Å². The van der Waals surface area contributed by atoms with Gasteiger partial charge >= 0.3 is 0 Å². The summed E-state index contributed by atoms with van der Waals surface area (Å²) < 4.78 is 0. The Kier molecular flexibility index (Phi) is 38.0. The summed E-state index contributed by atoms with van der Waals surface area (Å²) in [6.07, 6.45) is 36.9. The molecule has 3 N–H and O–H groups in total. The third-order valence-electron chi connectivity index (χ3n) is 11.7. The van der Waals surface area contributed by atoms with Gasteiger partial charge in [-0.25, -0.2) is 0 Å². The van der Waals surface area contributed by atoms with E-state index in [4.69, 9.17) is 0 Å². The smallest absolute Gasteiger partial charge is 0.189 e. The Bertz CT molecular complexity index is 810. The van der Waals surface area contributed by atoms with Crippen molar-refractivity contribution >= 4 is 17.3 Å². The number of rotatable bonds is 44. The van der Waals surface area contributed by atoms with Crippen molar-refractivity contribution in [3.8, 4) is 0 Å². The van der Waals surface area contributed by atoms with Crippen molar-refractivity contribution in [3.63, 3.8) is 0 Å². The Morgan fingerprint density at radius 2 is 0.519 bits per heavy atom. The van der Waals surface area contributed by atoms with E-state index in [9.17, 15) is 29.7 Å². The molecule has 0 aromatic rings. The number of Topliss-reactive ketones (excluding diaryl/α,β-unsaturated/α-hetero) is 3. The molecule has 0 bridgehead atoms. The molecule has 0 aromatic carbocycles. The topological polar surface area (TPSA) is 112 Å². The first kappa shape index (κ1) is 52.9. The number of carbonyl (C=O) groups excluding carboxylic acids is 3. The Labute approximate surface area is 335 Å². The highest BCUT2D eigenvalue weighted by Crippen LogP contribution is 2.26. The highest BCUT2D eigenvalue weighted by Gasteiger charge is 2.53. The Hall–Kier alpha value is -1.11. The van der Waals surface area contributed by atoms with E-state index in [0.29, 0.717) is 19.3 Å². The van der Waals surface area contributed by atoms with E-state index in [1.165, 1.54) is 154 Å². The second kappa shape index (κ2) is 38.7. The zero-order chi connectivity index (χ0) is 40.0. The zero-order valence-electron chi connectivity index (χ0n) is 36.3. The first-order valence-corrected chi connectivity index (χ1v) is 23.9. The van der Waals surface area contributed by atoms with Crippen LogP contribution in [0, 0.1) is 0 Å². The normalized spacial score (nSPS) is 13.9. The summed E-state index contributed by atoms with van der Waals surface area (Å²) in [5, 5.41) is 33.9. The molecule has 6 heteroatoms. The van der Waals surface area contributed by atoms with Crippen LogP contribution in [0.4, 0.5) is 0 Å². The SMILES string of the molecule is CCCCCCCCCCCCCCC(=O)C(O)C(O)(C(=O)CCCCCCCCCCCCCC)C(O)C(=O)CCCCCCCCCCCCCC. The van der Waals surface area contributed by atoms with Gasteiger partial charge in [0.1, 0.15) is 0 Å². The lowest BCUT2D eigenvalue weighted by Gasteiger charge is -2.34. The maximum absolute atomic E-state index is 13.5. The van der Waals surface area contributed by atoms with Gasteiger partial charge < -0.3 is 15.3 Å². The van der Waals surface area contributed by atoms with Gasteiger partial charge in [-0.15, -0.1) is 0 Å². The largest absolute Gasteiger partial charge is 0.382 e. The molecular formula is C48H92O6. The van der Waals surface area contributed by atoms with Gasteiger partial charge in [-0.3, -0.25) is 14.4 Å². The van der Waals surface area contributed by atoms with Gasteiger partial charge in [-0.1, -0.05) is 233 Å². The first-order valence-electron chi connectivity index (χ1n) is 23.9. The van der Waals surface area contributed by atoms with Crippen LogP contribution in [0.5, 0.6) is 0 Å². The molecule has 54 heavy (non-hydrogen) atoms. The van der Waals surface area contributed by atoms with E-state index in [2.05, 4.69) is 20.8 Å². The van der Waals surface area contributed by atoms with Gasteiger partial charge in [0.15, 0.2) is 35.2 Å². The van der Waals surface area contributed by atoms with Crippen molar-refractivity contribution in [2.45, 2.75) is 289 Å². The summed E-state index contributed by atoms with van der Waals surface area (Å²) in [6, 6.07) is 0. The van der Waals surface area contributed by atoms with Crippen LogP contribution in [0.1, 0.15) is 271 Å². The summed E-state index contributed by atoms with van der Waals surface area (Å²) >= 11 is 0. The molecule has 0 saturated carbocycles. The average molecular weight is 765 g/mol. The zero-order valence-corrected chi connectivity index (χ0v) is 36.3. The Morgan fingerprint density at radius 1 is 0.333 bits per heavy atom. The van der Waals surface area contributed by atoms with Crippen LogP contribution >= 0.6 is 0 Å². The van der Waals surface area contributed by atoms with Crippen LogP contribution in [0.3, 0.4) is 0 Å². The number of carbonyl (C=O) groups is 3. The van der Waals surface area contributed by atoms with Crippen LogP contribution in [-0.4, -0.2) is 50.5 Å². The minimum Gasteiger partial charge on any atom is -0.382 e. The van der Waals surface area contributed by atoms with Crippen LogP contribution in [-0.2, 0) is 14.4 Å². The second-order valence-electron chi connectivity index (χ2n) is 16.9. The predicted molar refractivity (Wildman–Crippen MR) is 229 cm³/mol. The maximum atomic E-state index is 13.5. The van der Waals surface area contributed by atoms with Crippen molar-refractivity contribution in [1.29, 1.82) is 0 Å². The number of ketones is 3. The fraction of sp³-hybridized carbons (Fsp3) is 0.938.